The molecule has 1 N–H and O–H groups in total. The molecule has 7 heteroatoms. The van der Waals surface area contributed by atoms with Gasteiger partial charge in [-0.25, -0.2) is 9.37 Å². The fourth-order valence-corrected chi connectivity index (χ4v) is 4.43. The number of aromatic nitrogens is 2. The van der Waals surface area contributed by atoms with E-state index >= 15 is 0 Å². The number of carbonyl (C=O) groups is 1. The molecule has 1 heterocycles. The lowest BCUT2D eigenvalue weighted by Crippen LogP contribution is -2.25. The molecule has 4 rings (SSSR count). The summed E-state index contributed by atoms with van der Waals surface area (Å²) in [6.45, 7) is 2.40. The van der Waals surface area contributed by atoms with Crippen LogP contribution in [0.1, 0.15) is 30.9 Å². The van der Waals surface area contributed by atoms with Gasteiger partial charge >= 0.3 is 0 Å². The van der Waals surface area contributed by atoms with Gasteiger partial charge in [-0.2, -0.15) is 0 Å². The normalized spacial score (nSPS) is 11.0. The third kappa shape index (κ3) is 5.91. The minimum Gasteiger partial charge on any atom is -0.325 e. The van der Waals surface area contributed by atoms with E-state index in [-0.39, 0.29) is 29.6 Å². The summed E-state index contributed by atoms with van der Waals surface area (Å²) in [7, 11) is 0. The van der Waals surface area contributed by atoms with Gasteiger partial charge in [-0.05, 0) is 60.4 Å². The van der Waals surface area contributed by atoms with Crippen molar-refractivity contribution in [3.63, 3.8) is 0 Å². The largest absolute Gasteiger partial charge is 0.325 e. The summed E-state index contributed by atoms with van der Waals surface area (Å²) in [5.41, 5.74) is 3.14. The monoisotopic (exact) mass is 475 g/mol. The molecule has 34 heavy (non-hydrogen) atoms. The Labute approximate surface area is 202 Å². The Balaban J connectivity index is 1.51. The first kappa shape index (κ1) is 23.7. The van der Waals surface area contributed by atoms with E-state index in [0.29, 0.717) is 16.1 Å². The molecule has 0 radical (unpaired) electrons. The zero-order valence-corrected chi connectivity index (χ0v) is 19.8. The van der Waals surface area contributed by atoms with Crippen molar-refractivity contribution in [1.29, 1.82) is 0 Å². The third-order valence-corrected chi connectivity index (χ3v) is 6.45. The van der Waals surface area contributed by atoms with Crippen molar-refractivity contribution in [2.45, 2.75) is 37.9 Å². The van der Waals surface area contributed by atoms with Crippen molar-refractivity contribution < 1.29 is 9.18 Å². The SMILES string of the molecule is CCCCc1ccc(NC(=O)CSc2nc3ccccc3c(=O)n2Cc2ccc(F)cc2)cc1. The van der Waals surface area contributed by atoms with Gasteiger partial charge in [0, 0.05) is 5.69 Å². The van der Waals surface area contributed by atoms with Gasteiger partial charge < -0.3 is 5.32 Å². The highest BCUT2D eigenvalue weighted by molar-refractivity contribution is 7.99. The molecule has 0 aliphatic rings. The van der Waals surface area contributed by atoms with Crippen molar-refractivity contribution in [3.05, 3.63) is 100 Å². The van der Waals surface area contributed by atoms with Crippen LogP contribution in [0.4, 0.5) is 10.1 Å². The second-order valence-electron chi connectivity index (χ2n) is 8.07. The van der Waals surface area contributed by atoms with E-state index in [4.69, 9.17) is 0 Å². The quantitative estimate of drug-likeness (QED) is 0.251. The molecule has 0 aliphatic carbocycles. The number of fused-ring (bicyclic) bond motifs is 1. The number of hydrogen-bond donors (Lipinski definition) is 1. The van der Waals surface area contributed by atoms with Gasteiger partial charge in [0.05, 0.1) is 23.2 Å². The summed E-state index contributed by atoms with van der Waals surface area (Å²) < 4.78 is 14.9. The third-order valence-electron chi connectivity index (χ3n) is 5.47. The molecule has 4 aromatic rings. The van der Waals surface area contributed by atoms with Gasteiger partial charge in [0.1, 0.15) is 5.82 Å². The van der Waals surface area contributed by atoms with E-state index in [9.17, 15) is 14.0 Å². The number of para-hydroxylation sites is 1. The first-order chi connectivity index (χ1) is 16.5. The highest BCUT2D eigenvalue weighted by Gasteiger charge is 2.14. The topological polar surface area (TPSA) is 64.0 Å². The Bertz CT molecular complexity index is 1340. The summed E-state index contributed by atoms with van der Waals surface area (Å²) >= 11 is 1.21. The van der Waals surface area contributed by atoms with Gasteiger partial charge in [0.2, 0.25) is 5.91 Å². The van der Waals surface area contributed by atoms with E-state index in [0.717, 1.165) is 30.5 Å². The zero-order valence-electron chi connectivity index (χ0n) is 19.0. The number of aryl methyl sites for hydroxylation is 1. The minimum absolute atomic E-state index is 0.103. The van der Waals surface area contributed by atoms with Crippen molar-refractivity contribution in [2.24, 2.45) is 0 Å². The van der Waals surface area contributed by atoms with E-state index in [1.807, 2.05) is 30.3 Å². The van der Waals surface area contributed by atoms with E-state index in [1.165, 1.54) is 34.0 Å². The zero-order chi connectivity index (χ0) is 23.9. The number of anilines is 1. The molecule has 0 bridgehead atoms. The maximum absolute atomic E-state index is 13.3. The van der Waals surface area contributed by atoms with Crippen molar-refractivity contribution in [1.82, 2.24) is 9.55 Å². The van der Waals surface area contributed by atoms with Crippen LogP contribution in [0.2, 0.25) is 0 Å². The number of benzene rings is 3. The lowest BCUT2D eigenvalue weighted by molar-refractivity contribution is -0.113. The molecule has 1 aromatic heterocycles. The van der Waals surface area contributed by atoms with Gasteiger partial charge in [-0.15, -0.1) is 0 Å². The summed E-state index contributed by atoms with van der Waals surface area (Å²) in [5.74, 6) is -0.411. The average Bonchev–Trinajstić information content (AvgIpc) is 2.85. The van der Waals surface area contributed by atoms with Gasteiger partial charge in [0.25, 0.3) is 5.56 Å². The summed E-state index contributed by atoms with van der Waals surface area (Å²) in [6, 6.07) is 21.0. The maximum Gasteiger partial charge on any atom is 0.262 e. The lowest BCUT2D eigenvalue weighted by Gasteiger charge is -2.13. The van der Waals surface area contributed by atoms with Crippen LogP contribution in [0.5, 0.6) is 0 Å². The molecule has 5 nitrogen and oxygen atoms in total. The number of amides is 1. The summed E-state index contributed by atoms with van der Waals surface area (Å²) in [4.78, 5) is 30.4. The highest BCUT2D eigenvalue weighted by atomic mass is 32.2. The number of carbonyl (C=O) groups excluding carboxylic acids is 1. The molecule has 174 valence electrons. The molecule has 0 aliphatic heterocycles. The van der Waals surface area contributed by atoms with Gasteiger partial charge in [0.15, 0.2) is 5.16 Å². The second-order valence-corrected chi connectivity index (χ2v) is 9.01. The van der Waals surface area contributed by atoms with E-state index in [2.05, 4.69) is 17.2 Å². The standard InChI is InChI=1S/C27H26FN3O2S/c1-2-3-6-19-11-15-22(16-12-19)29-25(32)18-34-27-30-24-8-5-4-7-23(24)26(33)31(27)17-20-9-13-21(28)14-10-20/h4-5,7-16H,2-3,6,17-18H2,1H3,(H,29,32). The molecule has 0 saturated heterocycles. The van der Waals surface area contributed by atoms with Crippen LogP contribution < -0.4 is 10.9 Å². The van der Waals surface area contributed by atoms with Crippen LogP contribution in [0.15, 0.2) is 82.7 Å². The smallest absolute Gasteiger partial charge is 0.262 e. The van der Waals surface area contributed by atoms with Crippen LogP contribution in [-0.4, -0.2) is 21.2 Å². The summed E-state index contributed by atoms with van der Waals surface area (Å²) in [6.07, 6.45) is 3.31. The molecule has 0 saturated carbocycles. The number of halogens is 1. The Hall–Kier alpha value is -3.45. The predicted molar refractivity (Wildman–Crippen MR) is 136 cm³/mol. The second kappa shape index (κ2) is 11.1. The van der Waals surface area contributed by atoms with Crippen molar-refractivity contribution in [2.75, 3.05) is 11.1 Å². The Morgan fingerprint density at radius 1 is 1.00 bits per heavy atom. The van der Waals surface area contributed by atoms with Crippen LogP contribution in [0, 0.1) is 5.82 Å². The van der Waals surface area contributed by atoms with E-state index in [1.54, 1.807) is 30.3 Å². The number of nitrogens with zero attached hydrogens (tertiary/aromatic N) is 2. The molecule has 0 spiro atoms. The van der Waals surface area contributed by atoms with Crippen molar-refractivity contribution >= 4 is 34.3 Å². The number of nitrogens with one attached hydrogen (secondary N) is 1. The summed E-state index contributed by atoms with van der Waals surface area (Å²) in [5, 5.41) is 3.85. The number of unbranched alkanes of at least 4 members (excludes halogenated alkanes) is 1. The molecular weight excluding hydrogens is 449 g/mol. The van der Waals surface area contributed by atoms with Crippen LogP contribution in [0.3, 0.4) is 0 Å². The molecule has 3 aromatic carbocycles. The van der Waals surface area contributed by atoms with Gasteiger partial charge in [-0.3, -0.25) is 14.2 Å². The fourth-order valence-electron chi connectivity index (χ4n) is 3.63. The Kier molecular flexibility index (Phi) is 7.75. The molecule has 1 amide bonds. The lowest BCUT2D eigenvalue weighted by atomic mass is 10.1. The van der Waals surface area contributed by atoms with Crippen LogP contribution >= 0.6 is 11.8 Å². The highest BCUT2D eigenvalue weighted by Crippen LogP contribution is 2.20. The Morgan fingerprint density at radius 3 is 2.44 bits per heavy atom. The maximum atomic E-state index is 13.3. The molecule has 0 unspecified atom stereocenters. The average molecular weight is 476 g/mol. The fraction of sp³-hybridized carbons (Fsp3) is 0.222. The van der Waals surface area contributed by atoms with Crippen molar-refractivity contribution in [3.8, 4) is 0 Å². The molecule has 0 fully saturated rings. The number of thioether (sulfide) groups is 1. The van der Waals surface area contributed by atoms with Crippen LogP contribution in [-0.2, 0) is 17.8 Å². The van der Waals surface area contributed by atoms with E-state index < -0.39 is 0 Å². The first-order valence-electron chi connectivity index (χ1n) is 11.3. The molecule has 0 atom stereocenters. The first-order valence-corrected chi connectivity index (χ1v) is 12.3. The minimum atomic E-state index is -0.336. The van der Waals surface area contributed by atoms with Gasteiger partial charge in [-0.1, -0.05) is 61.5 Å². The number of hydrogen-bond acceptors (Lipinski definition) is 4. The number of rotatable bonds is 9. The van der Waals surface area contributed by atoms with Crippen LogP contribution in [0.25, 0.3) is 10.9 Å². The predicted octanol–water partition coefficient (Wildman–Crippen LogP) is 5.66. The molecular formula is C27H26FN3O2S. The Morgan fingerprint density at radius 2 is 1.71 bits per heavy atom.